The Morgan fingerprint density at radius 1 is 1.04 bits per heavy atom. The predicted octanol–water partition coefficient (Wildman–Crippen LogP) is 4.64. The van der Waals surface area contributed by atoms with Crippen LogP contribution in [-0.2, 0) is 22.2 Å². The molecule has 0 amide bonds. The van der Waals surface area contributed by atoms with Crippen LogP contribution in [0.15, 0.2) is 4.42 Å². The number of thiophene rings is 1. The second kappa shape index (κ2) is 6.92. The maximum atomic E-state index is 12.7. The summed E-state index contributed by atoms with van der Waals surface area (Å²) in [6.45, 7) is 15.9. The molecule has 0 aromatic carbocycles. The average molecular weight is 403 g/mol. The SMILES string of the molecule is Cc1nc(C(C)(C)C)nc2sc(C(=O)OCc3nnc(C(C)(C)C)o3)c(C)c12. The van der Waals surface area contributed by atoms with Crippen molar-refractivity contribution < 1.29 is 13.9 Å². The number of nitrogens with zero attached hydrogens (tertiary/aromatic N) is 4. The summed E-state index contributed by atoms with van der Waals surface area (Å²) < 4.78 is 11.0. The van der Waals surface area contributed by atoms with Crippen LogP contribution >= 0.6 is 11.3 Å². The zero-order valence-corrected chi connectivity index (χ0v) is 18.4. The molecule has 8 heteroatoms. The number of hydrogen-bond donors (Lipinski definition) is 0. The lowest BCUT2D eigenvalue weighted by Crippen LogP contribution is -2.16. The normalized spacial score (nSPS) is 12.6. The second-order valence-electron chi connectivity index (χ2n) is 8.95. The maximum Gasteiger partial charge on any atom is 0.349 e. The van der Waals surface area contributed by atoms with Crippen molar-refractivity contribution in [2.24, 2.45) is 0 Å². The summed E-state index contributed by atoms with van der Waals surface area (Å²) in [5, 5.41) is 8.88. The molecule has 0 saturated heterocycles. The van der Waals surface area contributed by atoms with Gasteiger partial charge in [0, 0.05) is 16.2 Å². The first-order valence-electron chi connectivity index (χ1n) is 9.16. The van der Waals surface area contributed by atoms with Gasteiger partial charge in [0.15, 0.2) is 6.61 Å². The number of fused-ring (bicyclic) bond motifs is 1. The summed E-state index contributed by atoms with van der Waals surface area (Å²) in [5.74, 6) is 1.13. The first-order valence-corrected chi connectivity index (χ1v) is 9.98. The first-order chi connectivity index (χ1) is 12.9. The topological polar surface area (TPSA) is 91.0 Å². The minimum atomic E-state index is -0.423. The number of aryl methyl sites for hydroxylation is 2. The minimum absolute atomic E-state index is 0.0620. The summed E-state index contributed by atoms with van der Waals surface area (Å²) in [4.78, 5) is 23.3. The van der Waals surface area contributed by atoms with Gasteiger partial charge >= 0.3 is 5.97 Å². The Hall–Kier alpha value is -2.35. The van der Waals surface area contributed by atoms with Crippen molar-refractivity contribution in [2.75, 3.05) is 0 Å². The molecule has 0 fully saturated rings. The van der Waals surface area contributed by atoms with Crippen molar-refractivity contribution in [3.8, 4) is 0 Å². The Kier molecular flexibility index (Phi) is 5.04. The lowest BCUT2D eigenvalue weighted by atomic mass is 9.95. The third-order valence-electron chi connectivity index (χ3n) is 4.26. The molecule has 0 aliphatic rings. The Bertz CT molecular complexity index is 1040. The van der Waals surface area contributed by atoms with E-state index in [0.717, 1.165) is 27.3 Å². The highest BCUT2D eigenvalue weighted by molar-refractivity contribution is 7.20. The summed E-state index contributed by atoms with van der Waals surface area (Å²) >= 11 is 1.33. The molecule has 150 valence electrons. The number of carbonyl (C=O) groups excluding carboxylic acids is 1. The van der Waals surface area contributed by atoms with Crippen molar-refractivity contribution in [1.82, 2.24) is 20.2 Å². The van der Waals surface area contributed by atoms with Crippen molar-refractivity contribution in [1.29, 1.82) is 0 Å². The quantitative estimate of drug-likeness (QED) is 0.589. The van der Waals surface area contributed by atoms with Crippen LogP contribution < -0.4 is 0 Å². The Labute approximate surface area is 168 Å². The Balaban J connectivity index is 1.85. The van der Waals surface area contributed by atoms with E-state index in [2.05, 4.69) is 40.9 Å². The molecule has 0 spiro atoms. The number of carbonyl (C=O) groups is 1. The van der Waals surface area contributed by atoms with E-state index in [-0.39, 0.29) is 23.3 Å². The highest BCUT2D eigenvalue weighted by atomic mass is 32.1. The van der Waals surface area contributed by atoms with Crippen molar-refractivity contribution in [3.05, 3.63) is 33.7 Å². The summed E-state index contributed by atoms with van der Waals surface area (Å²) in [6.07, 6.45) is 0. The molecule has 7 nitrogen and oxygen atoms in total. The summed E-state index contributed by atoms with van der Waals surface area (Å²) in [6, 6.07) is 0. The molecule has 3 heterocycles. The fourth-order valence-electron chi connectivity index (χ4n) is 2.68. The number of esters is 1. The largest absolute Gasteiger partial charge is 0.451 e. The molecule has 0 aliphatic heterocycles. The van der Waals surface area contributed by atoms with E-state index < -0.39 is 5.97 Å². The van der Waals surface area contributed by atoms with Gasteiger partial charge in [0.25, 0.3) is 5.89 Å². The lowest BCUT2D eigenvalue weighted by molar-refractivity contribution is 0.0440. The van der Waals surface area contributed by atoms with E-state index in [4.69, 9.17) is 9.15 Å². The number of ether oxygens (including phenoxy) is 1. The van der Waals surface area contributed by atoms with Gasteiger partial charge in [0.05, 0.1) is 5.69 Å². The van der Waals surface area contributed by atoms with Gasteiger partial charge in [-0.05, 0) is 19.4 Å². The van der Waals surface area contributed by atoms with Gasteiger partial charge in [-0.1, -0.05) is 41.5 Å². The molecule has 0 aliphatic carbocycles. The van der Waals surface area contributed by atoms with E-state index >= 15 is 0 Å². The third kappa shape index (κ3) is 3.92. The zero-order valence-electron chi connectivity index (χ0n) is 17.6. The molecule has 0 radical (unpaired) electrons. The van der Waals surface area contributed by atoms with Gasteiger partial charge in [0.2, 0.25) is 5.89 Å². The maximum absolute atomic E-state index is 12.7. The predicted molar refractivity (Wildman–Crippen MR) is 108 cm³/mol. The fraction of sp³-hybridized carbons (Fsp3) is 0.550. The van der Waals surface area contributed by atoms with Gasteiger partial charge in [-0.3, -0.25) is 0 Å². The molecule has 0 N–H and O–H groups in total. The van der Waals surface area contributed by atoms with Gasteiger partial charge in [-0.15, -0.1) is 21.5 Å². The first kappa shape index (κ1) is 20.4. The van der Waals surface area contributed by atoms with Crippen LogP contribution in [-0.4, -0.2) is 26.1 Å². The van der Waals surface area contributed by atoms with Crippen molar-refractivity contribution in [2.45, 2.75) is 72.8 Å². The van der Waals surface area contributed by atoms with Crippen LogP contribution in [0.3, 0.4) is 0 Å². The zero-order chi connectivity index (χ0) is 20.9. The molecular weight excluding hydrogens is 376 g/mol. The number of hydrogen-bond acceptors (Lipinski definition) is 8. The van der Waals surface area contributed by atoms with E-state index in [1.54, 1.807) is 0 Å². The highest BCUT2D eigenvalue weighted by Crippen LogP contribution is 2.33. The average Bonchev–Trinajstić information content (AvgIpc) is 3.16. The Morgan fingerprint density at radius 3 is 2.29 bits per heavy atom. The number of rotatable bonds is 3. The van der Waals surface area contributed by atoms with E-state index in [0.29, 0.717) is 10.8 Å². The van der Waals surface area contributed by atoms with Crippen molar-refractivity contribution in [3.63, 3.8) is 0 Å². The summed E-state index contributed by atoms with van der Waals surface area (Å²) in [7, 11) is 0. The molecule has 0 saturated carbocycles. The van der Waals surface area contributed by atoms with Gasteiger partial charge in [-0.25, -0.2) is 14.8 Å². The van der Waals surface area contributed by atoms with Crippen LogP contribution in [0.1, 0.15) is 80.1 Å². The number of aromatic nitrogens is 4. The van der Waals surface area contributed by atoms with Gasteiger partial charge in [-0.2, -0.15) is 0 Å². The standard InChI is InChI=1S/C20H26N4O3S/c1-10-13-11(2)21-17(19(3,4)5)22-15(13)28-14(10)16(25)26-9-12-23-24-18(27-12)20(6,7)8/h9H2,1-8H3. The molecule has 3 rings (SSSR count). The monoisotopic (exact) mass is 402 g/mol. The molecular formula is C20H26N4O3S. The molecule has 3 aromatic heterocycles. The summed E-state index contributed by atoms with van der Waals surface area (Å²) in [5.41, 5.74) is 1.29. The molecule has 28 heavy (non-hydrogen) atoms. The molecule has 0 atom stereocenters. The van der Waals surface area contributed by atoms with E-state index in [1.807, 2.05) is 34.6 Å². The van der Waals surface area contributed by atoms with Crippen LogP contribution in [0.5, 0.6) is 0 Å². The van der Waals surface area contributed by atoms with E-state index in [9.17, 15) is 4.79 Å². The molecule has 3 aromatic rings. The molecule has 0 unspecified atom stereocenters. The molecule has 0 bridgehead atoms. The lowest BCUT2D eigenvalue weighted by Gasteiger charge is -2.16. The Morgan fingerprint density at radius 2 is 1.71 bits per heavy atom. The van der Waals surface area contributed by atoms with Crippen molar-refractivity contribution >= 4 is 27.5 Å². The van der Waals surface area contributed by atoms with Crippen LogP contribution in [0, 0.1) is 13.8 Å². The van der Waals surface area contributed by atoms with Crippen LogP contribution in [0.25, 0.3) is 10.2 Å². The van der Waals surface area contributed by atoms with Crippen LogP contribution in [0.4, 0.5) is 0 Å². The van der Waals surface area contributed by atoms with Gasteiger partial charge < -0.3 is 9.15 Å². The minimum Gasteiger partial charge on any atom is -0.451 e. The highest BCUT2D eigenvalue weighted by Gasteiger charge is 2.25. The fourth-order valence-corrected chi connectivity index (χ4v) is 3.80. The second-order valence-corrected chi connectivity index (χ2v) is 9.95. The van der Waals surface area contributed by atoms with Gasteiger partial charge in [0.1, 0.15) is 15.5 Å². The van der Waals surface area contributed by atoms with E-state index in [1.165, 1.54) is 11.3 Å². The van der Waals surface area contributed by atoms with Crippen LogP contribution in [0.2, 0.25) is 0 Å². The third-order valence-corrected chi connectivity index (χ3v) is 5.43. The smallest absolute Gasteiger partial charge is 0.349 e.